The highest BCUT2D eigenvalue weighted by Gasteiger charge is 2.28. The fraction of sp³-hybridized carbons (Fsp3) is 0.870. The molecule has 0 aliphatic carbocycles. The maximum absolute atomic E-state index is 11.8. The average molecular weight is 400 g/mol. The second-order valence-electron chi connectivity index (χ2n) is 8.09. The number of rotatable bonds is 20. The van der Waals surface area contributed by atoms with Gasteiger partial charge in [-0.05, 0) is 32.1 Å². The molecule has 4 N–H and O–H groups in total. The monoisotopic (exact) mass is 399 g/mol. The minimum Gasteiger partial charge on any atom is -0.396 e. The lowest BCUT2D eigenvalue weighted by molar-refractivity contribution is -0.122. The number of carbonyl (C=O) groups is 1. The quantitative estimate of drug-likeness (QED) is 0.183. The Bertz CT molecular complexity index is 373. The summed E-state index contributed by atoms with van der Waals surface area (Å²) >= 11 is 0. The Labute approximate surface area is 172 Å². The Hall–Kier alpha value is -0.910. The summed E-state index contributed by atoms with van der Waals surface area (Å²) in [7, 11) is 0. The van der Waals surface area contributed by atoms with Crippen molar-refractivity contribution in [2.45, 2.75) is 96.8 Å². The molecule has 166 valence electrons. The lowest BCUT2D eigenvalue weighted by Crippen LogP contribution is -2.45. The third-order valence-electron chi connectivity index (χ3n) is 5.33. The molecular formula is C23H45NO4. The van der Waals surface area contributed by atoms with Gasteiger partial charge in [-0.15, -0.1) is 0 Å². The molecule has 0 saturated carbocycles. The molecule has 0 aliphatic heterocycles. The van der Waals surface area contributed by atoms with Gasteiger partial charge in [0, 0.05) is 13.0 Å². The third-order valence-corrected chi connectivity index (χ3v) is 5.33. The molecule has 0 aromatic carbocycles. The molecule has 5 nitrogen and oxygen atoms in total. The predicted octanol–water partition coefficient (Wildman–Crippen LogP) is 4.10. The predicted molar refractivity (Wildman–Crippen MR) is 116 cm³/mol. The van der Waals surface area contributed by atoms with Gasteiger partial charge in [0.15, 0.2) is 0 Å². The number of hydrogen-bond donors (Lipinski definition) is 4. The van der Waals surface area contributed by atoms with Crippen LogP contribution in [0.3, 0.4) is 0 Å². The highest BCUT2D eigenvalue weighted by Crippen LogP contribution is 2.13. The first-order valence-corrected chi connectivity index (χ1v) is 11.4. The van der Waals surface area contributed by atoms with Gasteiger partial charge in [-0.3, -0.25) is 4.79 Å². The number of hydrogen-bond acceptors (Lipinski definition) is 4. The maximum atomic E-state index is 11.8. The van der Waals surface area contributed by atoms with Crippen molar-refractivity contribution in [1.82, 2.24) is 5.32 Å². The molecule has 0 radical (unpaired) electrons. The topological polar surface area (TPSA) is 89.8 Å². The summed E-state index contributed by atoms with van der Waals surface area (Å²) in [5, 5.41) is 30.4. The Morgan fingerprint density at radius 1 is 0.750 bits per heavy atom. The Kier molecular flexibility index (Phi) is 18.8. The third kappa shape index (κ3) is 15.1. The van der Waals surface area contributed by atoms with Crippen molar-refractivity contribution in [2.75, 3.05) is 26.4 Å². The lowest BCUT2D eigenvalue weighted by atomic mass is 9.91. The normalized spacial score (nSPS) is 12.0. The van der Waals surface area contributed by atoms with E-state index in [1.807, 2.05) is 0 Å². The van der Waals surface area contributed by atoms with Crippen LogP contribution < -0.4 is 5.32 Å². The lowest BCUT2D eigenvalue weighted by Gasteiger charge is -2.27. The van der Waals surface area contributed by atoms with E-state index in [-0.39, 0.29) is 32.3 Å². The molecule has 0 saturated heterocycles. The van der Waals surface area contributed by atoms with E-state index in [4.69, 9.17) is 0 Å². The average Bonchev–Trinajstić information content (AvgIpc) is 2.72. The molecule has 5 heteroatoms. The van der Waals surface area contributed by atoms with E-state index < -0.39 is 5.41 Å². The molecule has 0 aromatic rings. The Morgan fingerprint density at radius 3 is 1.71 bits per heavy atom. The number of amides is 1. The smallest absolute Gasteiger partial charge is 0.220 e. The number of nitrogens with one attached hydrogen (secondary N) is 1. The van der Waals surface area contributed by atoms with Crippen molar-refractivity contribution < 1.29 is 20.1 Å². The van der Waals surface area contributed by atoms with Crippen LogP contribution in [0.1, 0.15) is 96.8 Å². The first kappa shape index (κ1) is 27.1. The maximum Gasteiger partial charge on any atom is 0.220 e. The Balaban J connectivity index is 3.45. The Morgan fingerprint density at radius 2 is 1.21 bits per heavy atom. The fourth-order valence-corrected chi connectivity index (χ4v) is 3.05. The molecule has 0 aliphatic rings. The van der Waals surface area contributed by atoms with Gasteiger partial charge in [0.25, 0.3) is 0 Å². The van der Waals surface area contributed by atoms with Gasteiger partial charge in [0.2, 0.25) is 5.91 Å². The molecule has 0 rings (SSSR count). The first-order chi connectivity index (χ1) is 13.6. The molecule has 0 fully saturated rings. The molecule has 0 bridgehead atoms. The van der Waals surface area contributed by atoms with Crippen LogP contribution in [0.2, 0.25) is 0 Å². The number of unbranched alkanes of at least 4 members (excludes halogenated alkanes) is 11. The SMILES string of the molecule is CCCCCCCC/C=C\CCCCCCCC(=O)NCC(CO)(CO)CO. The van der Waals surface area contributed by atoms with Crippen molar-refractivity contribution in [2.24, 2.45) is 5.41 Å². The number of aliphatic hydroxyl groups is 3. The van der Waals surface area contributed by atoms with Gasteiger partial charge in [-0.2, -0.15) is 0 Å². The number of aliphatic hydroxyl groups excluding tert-OH is 3. The van der Waals surface area contributed by atoms with Gasteiger partial charge in [-0.1, -0.05) is 70.4 Å². The van der Waals surface area contributed by atoms with E-state index in [0.29, 0.717) is 6.42 Å². The minimum absolute atomic E-state index is 0.0858. The standard InChI is InChI=1S/C23H45NO4/c1-2-3-4-5-6-7-8-9-10-11-12-13-14-15-16-17-22(28)24-18-23(19-25,20-26)21-27/h9-10,25-27H,2-8,11-21H2,1H3,(H,24,28)/b10-9-. The summed E-state index contributed by atoms with van der Waals surface area (Å²) in [5.41, 5.74) is -1.03. The van der Waals surface area contributed by atoms with E-state index in [1.165, 1.54) is 57.8 Å². The molecule has 0 atom stereocenters. The van der Waals surface area contributed by atoms with Crippen LogP contribution >= 0.6 is 0 Å². The zero-order chi connectivity index (χ0) is 20.9. The molecule has 1 amide bonds. The van der Waals surface area contributed by atoms with E-state index in [0.717, 1.165) is 25.7 Å². The summed E-state index contributed by atoms with van der Waals surface area (Å²) in [5.74, 6) is -0.0858. The van der Waals surface area contributed by atoms with Crippen molar-refractivity contribution in [1.29, 1.82) is 0 Å². The second-order valence-corrected chi connectivity index (χ2v) is 8.09. The van der Waals surface area contributed by atoms with Crippen LogP contribution in [-0.4, -0.2) is 47.6 Å². The minimum atomic E-state index is -1.03. The van der Waals surface area contributed by atoms with Gasteiger partial charge in [-0.25, -0.2) is 0 Å². The van der Waals surface area contributed by atoms with Crippen LogP contribution in [0.5, 0.6) is 0 Å². The van der Waals surface area contributed by atoms with E-state index in [2.05, 4.69) is 24.4 Å². The highest BCUT2D eigenvalue weighted by molar-refractivity contribution is 5.75. The number of allylic oxidation sites excluding steroid dienone is 2. The van der Waals surface area contributed by atoms with E-state index in [1.54, 1.807) is 0 Å². The fourth-order valence-electron chi connectivity index (χ4n) is 3.05. The molecular weight excluding hydrogens is 354 g/mol. The first-order valence-electron chi connectivity index (χ1n) is 11.4. The summed E-state index contributed by atoms with van der Waals surface area (Å²) in [6.07, 6.45) is 21.0. The van der Waals surface area contributed by atoms with E-state index >= 15 is 0 Å². The van der Waals surface area contributed by atoms with Crippen LogP contribution in [0.15, 0.2) is 12.2 Å². The molecule has 0 aromatic heterocycles. The van der Waals surface area contributed by atoms with Gasteiger partial charge >= 0.3 is 0 Å². The van der Waals surface area contributed by atoms with Crippen molar-refractivity contribution in [3.8, 4) is 0 Å². The summed E-state index contributed by atoms with van der Waals surface area (Å²) in [4.78, 5) is 11.8. The van der Waals surface area contributed by atoms with Crippen LogP contribution in [0.4, 0.5) is 0 Å². The van der Waals surface area contributed by atoms with Gasteiger partial charge < -0.3 is 20.6 Å². The van der Waals surface area contributed by atoms with Crippen molar-refractivity contribution in [3.05, 3.63) is 12.2 Å². The molecule has 0 heterocycles. The van der Waals surface area contributed by atoms with Crippen LogP contribution in [0.25, 0.3) is 0 Å². The van der Waals surface area contributed by atoms with Gasteiger partial charge in [0.05, 0.1) is 25.2 Å². The molecule has 28 heavy (non-hydrogen) atoms. The summed E-state index contributed by atoms with van der Waals surface area (Å²) in [6.45, 7) is 1.29. The van der Waals surface area contributed by atoms with Gasteiger partial charge in [0.1, 0.15) is 0 Å². The van der Waals surface area contributed by atoms with Crippen molar-refractivity contribution >= 4 is 5.91 Å². The largest absolute Gasteiger partial charge is 0.396 e. The summed E-state index contributed by atoms with van der Waals surface area (Å²) < 4.78 is 0. The van der Waals surface area contributed by atoms with E-state index in [9.17, 15) is 20.1 Å². The zero-order valence-electron chi connectivity index (χ0n) is 18.1. The van der Waals surface area contributed by atoms with Crippen LogP contribution in [-0.2, 0) is 4.79 Å². The molecule has 0 spiro atoms. The number of carbonyl (C=O) groups excluding carboxylic acids is 1. The summed E-state index contributed by atoms with van der Waals surface area (Å²) in [6, 6.07) is 0. The molecule has 0 unspecified atom stereocenters. The van der Waals surface area contributed by atoms with Crippen LogP contribution in [0, 0.1) is 5.41 Å². The second kappa shape index (κ2) is 19.4. The van der Waals surface area contributed by atoms with Crippen molar-refractivity contribution in [3.63, 3.8) is 0 Å². The zero-order valence-corrected chi connectivity index (χ0v) is 18.1. The highest BCUT2D eigenvalue weighted by atomic mass is 16.3.